The van der Waals surface area contributed by atoms with E-state index in [0.29, 0.717) is 5.75 Å². The molecule has 3 aromatic rings. The number of carbonyl (C=O) groups is 1. The standard InChI is InChI=1S/C22H16ClF3N2O4/c1-12-3-6-16(9-13(12)2)32-20-8-4-14(22(24,25)26)10-19(20)27-21(29)17-11-15(28(30)31)5-7-18(17)23/h3-11H,1-2H3,(H,27,29). The first-order valence-corrected chi connectivity index (χ1v) is 9.55. The zero-order chi connectivity index (χ0) is 23.6. The second kappa shape index (κ2) is 8.88. The molecular formula is C22H16ClF3N2O4. The SMILES string of the molecule is Cc1ccc(Oc2ccc(C(F)(F)F)cc2NC(=O)c2cc([N+](=O)[O-])ccc2Cl)cc1C. The monoisotopic (exact) mass is 464 g/mol. The van der Waals surface area contributed by atoms with Gasteiger partial charge >= 0.3 is 6.18 Å². The number of amides is 1. The molecule has 0 saturated heterocycles. The van der Waals surface area contributed by atoms with Gasteiger partial charge in [-0.2, -0.15) is 13.2 Å². The van der Waals surface area contributed by atoms with Gasteiger partial charge in [0.1, 0.15) is 5.75 Å². The van der Waals surface area contributed by atoms with Crippen molar-refractivity contribution in [3.63, 3.8) is 0 Å². The lowest BCUT2D eigenvalue weighted by molar-refractivity contribution is -0.384. The average Bonchev–Trinajstić information content (AvgIpc) is 2.71. The quantitative estimate of drug-likeness (QED) is 0.328. The van der Waals surface area contributed by atoms with Crippen LogP contribution in [0.5, 0.6) is 11.5 Å². The predicted molar refractivity (Wildman–Crippen MR) is 113 cm³/mol. The second-order valence-electron chi connectivity index (χ2n) is 6.93. The van der Waals surface area contributed by atoms with Crippen LogP contribution >= 0.6 is 11.6 Å². The van der Waals surface area contributed by atoms with Gasteiger partial charge < -0.3 is 10.1 Å². The number of non-ortho nitro benzene ring substituents is 1. The van der Waals surface area contributed by atoms with E-state index in [4.69, 9.17) is 16.3 Å². The molecule has 3 aromatic carbocycles. The number of halogens is 4. The topological polar surface area (TPSA) is 81.5 Å². The molecule has 10 heteroatoms. The maximum absolute atomic E-state index is 13.2. The average molecular weight is 465 g/mol. The molecule has 32 heavy (non-hydrogen) atoms. The van der Waals surface area contributed by atoms with E-state index in [9.17, 15) is 28.1 Å². The Morgan fingerprint density at radius 3 is 2.38 bits per heavy atom. The summed E-state index contributed by atoms with van der Waals surface area (Å²) < 4.78 is 45.4. The fraction of sp³-hybridized carbons (Fsp3) is 0.136. The molecule has 0 radical (unpaired) electrons. The van der Waals surface area contributed by atoms with Gasteiger partial charge in [-0.3, -0.25) is 14.9 Å². The highest BCUT2D eigenvalue weighted by atomic mass is 35.5. The van der Waals surface area contributed by atoms with Crippen LogP contribution < -0.4 is 10.1 Å². The van der Waals surface area contributed by atoms with Crippen LogP contribution in [0.15, 0.2) is 54.6 Å². The van der Waals surface area contributed by atoms with Gasteiger partial charge in [0.15, 0.2) is 5.75 Å². The van der Waals surface area contributed by atoms with Crippen molar-refractivity contribution in [1.82, 2.24) is 0 Å². The van der Waals surface area contributed by atoms with Gasteiger partial charge in [0, 0.05) is 12.1 Å². The van der Waals surface area contributed by atoms with Gasteiger partial charge in [-0.25, -0.2) is 0 Å². The molecule has 0 aromatic heterocycles. The van der Waals surface area contributed by atoms with E-state index in [-0.39, 0.29) is 22.0 Å². The molecule has 1 N–H and O–H groups in total. The van der Waals surface area contributed by atoms with E-state index in [0.717, 1.165) is 47.5 Å². The molecule has 0 aliphatic heterocycles. The first kappa shape index (κ1) is 23.1. The number of nitrogens with zero attached hydrogens (tertiary/aromatic N) is 1. The minimum absolute atomic E-state index is 0.0452. The highest BCUT2D eigenvalue weighted by molar-refractivity contribution is 6.34. The van der Waals surface area contributed by atoms with Crippen LogP contribution in [0.3, 0.4) is 0 Å². The molecule has 0 fully saturated rings. The summed E-state index contributed by atoms with van der Waals surface area (Å²) in [5.74, 6) is -0.615. The Morgan fingerprint density at radius 1 is 1.03 bits per heavy atom. The Morgan fingerprint density at radius 2 is 1.75 bits per heavy atom. The van der Waals surface area contributed by atoms with Crippen LogP contribution in [0, 0.1) is 24.0 Å². The molecular weight excluding hydrogens is 449 g/mol. The van der Waals surface area contributed by atoms with Crippen molar-refractivity contribution >= 4 is 28.9 Å². The number of hydrogen-bond donors (Lipinski definition) is 1. The van der Waals surface area contributed by atoms with Crippen molar-refractivity contribution in [2.75, 3.05) is 5.32 Å². The molecule has 0 atom stereocenters. The van der Waals surface area contributed by atoms with Gasteiger partial charge in [-0.15, -0.1) is 0 Å². The van der Waals surface area contributed by atoms with E-state index in [1.165, 1.54) is 0 Å². The van der Waals surface area contributed by atoms with Crippen molar-refractivity contribution < 1.29 is 27.6 Å². The number of rotatable bonds is 5. The molecule has 1 amide bonds. The van der Waals surface area contributed by atoms with E-state index in [2.05, 4.69) is 5.32 Å². The molecule has 166 valence electrons. The highest BCUT2D eigenvalue weighted by Crippen LogP contribution is 2.37. The van der Waals surface area contributed by atoms with Gasteiger partial charge in [0.25, 0.3) is 11.6 Å². The molecule has 3 rings (SSSR count). The van der Waals surface area contributed by atoms with Crippen LogP contribution in [-0.2, 0) is 6.18 Å². The summed E-state index contributed by atoms with van der Waals surface area (Å²) in [5.41, 5.74) is -0.0383. The number of nitrogens with one attached hydrogen (secondary N) is 1. The Kier molecular flexibility index (Phi) is 6.40. The number of alkyl halides is 3. The van der Waals surface area contributed by atoms with E-state index >= 15 is 0 Å². The third-order valence-corrected chi connectivity index (χ3v) is 5.00. The normalized spacial score (nSPS) is 11.2. The van der Waals surface area contributed by atoms with Crippen LogP contribution in [0.2, 0.25) is 5.02 Å². The number of ether oxygens (including phenoxy) is 1. The summed E-state index contributed by atoms with van der Waals surface area (Å²) in [5, 5.41) is 13.2. The van der Waals surface area contributed by atoms with Crippen molar-refractivity contribution in [1.29, 1.82) is 0 Å². The Labute approximate surface area is 185 Å². The Hall–Kier alpha value is -3.59. The van der Waals surface area contributed by atoms with Crippen LogP contribution in [0.1, 0.15) is 27.0 Å². The summed E-state index contributed by atoms with van der Waals surface area (Å²) in [4.78, 5) is 23.0. The number of carbonyl (C=O) groups excluding carboxylic acids is 1. The summed E-state index contributed by atoms with van der Waals surface area (Å²) >= 11 is 5.97. The van der Waals surface area contributed by atoms with Gasteiger partial charge in [0.05, 0.1) is 26.8 Å². The third kappa shape index (κ3) is 5.17. The summed E-state index contributed by atoms with van der Waals surface area (Å²) in [7, 11) is 0. The number of benzene rings is 3. The van der Waals surface area contributed by atoms with Gasteiger partial charge in [-0.1, -0.05) is 17.7 Å². The van der Waals surface area contributed by atoms with Crippen molar-refractivity contribution in [2.24, 2.45) is 0 Å². The van der Waals surface area contributed by atoms with Crippen LogP contribution in [0.4, 0.5) is 24.5 Å². The summed E-state index contributed by atoms with van der Waals surface area (Å²) in [6.45, 7) is 3.74. The minimum atomic E-state index is -4.67. The van der Waals surface area contributed by atoms with Crippen molar-refractivity contribution in [2.45, 2.75) is 20.0 Å². The lowest BCUT2D eigenvalue weighted by Crippen LogP contribution is -2.15. The number of hydrogen-bond acceptors (Lipinski definition) is 4. The Bertz CT molecular complexity index is 1210. The maximum atomic E-state index is 13.2. The molecule has 0 heterocycles. The fourth-order valence-corrected chi connectivity index (χ4v) is 2.99. The number of nitro groups is 1. The molecule has 0 aliphatic rings. The molecule has 0 saturated carbocycles. The Balaban J connectivity index is 2.01. The van der Waals surface area contributed by atoms with Gasteiger partial charge in [0.2, 0.25) is 0 Å². The van der Waals surface area contributed by atoms with E-state index < -0.39 is 28.3 Å². The summed E-state index contributed by atoms with van der Waals surface area (Å²) in [6.07, 6.45) is -4.67. The summed E-state index contributed by atoms with van der Waals surface area (Å²) in [6, 6.07) is 11.0. The first-order valence-electron chi connectivity index (χ1n) is 9.17. The zero-order valence-electron chi connectivity index (χ0n) is 16.8. The fourth-order valence-electron chi connectivity index (χ4n) is 2.79. The van der Waals surface area contributed by atoms with Crippen LogP contribution in [0.25, 0.3) is 0 Å². The van der Waals surface area contributed by atoms with E-state index in [1.807, 2.05) is 13.8 Å². The molecule has 0 spiro atoms. The molecule has 0 unspecified atom stereocenters. The highest BCUT2D eigenvalue weighted by Gasteiger charge is 2.31. The van der Waals surface area contributed by atoms with Crippen molar-refractivity contribution in [3.05, 3.63) is 92.0 Å². The predicted octanol–water partition coefficient (Wildman–Crippen LogP) is 6.93. The third-order valence-electron chi connectivity index (χ3n) is 4.67. The van der Waals surface area contributed by atoms with E-state index in [1.54, 1.807) is 18.2 Å². The van der Waals surface area contributed by atoms with Crippen molar-refractivity contribution in [3.8, 4) is 11.5 Å². The lowest BCUT2D eigenvalue weighted by atomic mass is 10.1. The van der Waals surface area contributed by atoms with Crippen LogP contribution in [-0.4, -0.2) is 10.8 Å². The number of anilines is 1. The minimum Gasteiger partial charge on any atom is -0.455 e. The molecule has 6 nitrogen and oxygen atoms in total. The maximum Gasteiger partial charge on any atom is 0.416 e. The molecule has 0 bridgehead atoms. The smallest absolute Gasteiger partial charge is 0.416 e. The number of nitro benzene ring substituents is 1. The molecule has 0 aliphatic carbocycles. The first-order chi connectivity index (χ1) is 15.0. The largest absolute Gasteiger partial charge is 0.455 e. The number of aryl methyl sites for hydroxylation is 2. The van der Waals surface area contributed by atoms with Gasteiger partial charge in [-0.05, 0) is 61.4 Å². The second-order valence-corrected chi connectivity index (χ2v) is 7.34. The zero-order valence-corrected chi connectivity index (χ0v) is 17.5. The lowest BCUT2D eigenvalue weighted by Gasteiger charge is -2.16.